The number of hydrogen-bond acceptors (Lipinski definition) is 7. The summed E-state index contributed by atoms with van der Waals surface area (Å²) in [5, 5.41) is 13.7. The number of hydrogen-bond donors (Lipinski definition) is 1. The number of rotatable bonds is 10. The third-order valence-corrected chi connectivity index (χ3v) is 4.53. The topological polar surface area (TPSA) is 116 Å². The lowest BCUT2D eigenvalue weighted by Crippen LogP contribution is -2.15. The largest absolute Gasteiger partial charge is 0.454 e. The summed E-state index contributed by atoms with van der Waals surface area (Å²) in [5.41, 5.74) is 1.88. The number of carbonyl (C=O) groups is 3. The Bertz CT molecular complexity index is 1030. The van der Waals surface area contributed by atoms with Crippen molar-refractivity contribution in [3.05, 3.63) is 66.0 Å². The SMILES string of the molecule is CCCCCC(=O)Nc1ccc(C(=O)COC(=O)c2cccc(-n3cnnn3)c2)cc1. The van der Waals surface area contributed by atoms with Gasteiger partial charge in [0.1, 0.15) is 6.33 Å². The highest BCUT2D eigenvalue weighted by molar-refractivity contribution is 6.00. The van der Waals surface area contributed by atoms with Crippen LogP contribution in [0.3, 0.4) is 0 Å². The number of tetrazole rings is 1. The number of carbonyl (C=O) groups excluding carboxylic acids is 3. The van der Waals surface area contributed by atoms with E-state index in [9.17, 15) is 14.4 Å². The third-order valence-electron chi connectivity index (χ3n) is 4.53. The molecule has 1 heterocycles. The van der Waals surface area contributed by atoms with Gasteiger partial charge in [0.05, 0.1) is 11.3 Å². The van der Waals surface area contributed by atoms with Crippen LogP contribution in [0.4, 0.5) is 5.69 Å². The highest BCUT2D eigenvalue weighted by Crippen LogP contribution is 2.13. The fourth-order valence-corrected chi connectivity index (χ4v) is 2.85. The maximum absolute atomic E-state index is 12.3. The molecule has 0 aliphatic rings. The molecule has 0 spiro atoms. The molecule has 0 saturated heterocycles. The highest BCUT2D eigenvalue weighted by Gasteiger charge is 2.13. The van der Waals surface area contributed by atoms with Gasteiger partial charge in [0, 0.05) is 17.7 Å². The Morgan fingerprint density at radius 3 is 2.55 bits per heavy atom. The summed E-state index contributed by atoms with van der Waals surface area (Å²) in [4.78, 5) is 36.5. The Morgan fingerprint density at radius 1 is 1.03 bits per heavy atom. The first-order chi connectivity index (χ1) is 15.1. The Morgan fingerprint density at radius 2 is 1.84 bits per heavy atom. The van der Waals surface area contributed by atoms with Crippen LogP contribution in [-0.4, -0.2) is 44.5 Å². The second-order valence-electron chi connectivity index (χ2n) is 6.89. The number of nitrogens with one attached hydrogen (secondary N) is 1. The van der Waals surface area contributed by atoms with Gasteiger partial charge in [-0.2, -0.15) is 0 Å². The average Bonchev–Trinajstić information content (AvgIpc) is 3.33. The lowest BCUT2D eigenvalue weighted by atomic mass is 10.1. The standard InChI is InChI=1S/C22H23N5O4/c1-2-3-4-8-21(29)24-18-11-9-16(10-12-18)20(28)14-31-22(30)17-6-5-7-19(13-17)27-15-23-25-26-27/h5-7,9-13,15H,2-4,8,14H2,1H3,(H,24,29). The van der Waals surface area contributed by atoms with Crippen molar-refractivity contribution in [3.8, 4) is 5.69 Å². The molecule has 2 aromatic carbocycles. The summed E-state index contributed by atoms with van der Waals surface area (Å²) in [6.45, 7) is 1.69. The molecule has 1 amide bonds. The molecule has 160 valence electrons. The number of ketones is 1. The molecule has 0 unspecified atom stereocenters. The van der Waals surface area contributed by atoms with E-state index >= 15 is 0 Å². The molecule has 0 atom stereocenters. The second-order valence-corrected chi connectivity index (χ2v) is 6.89. The summed E-state index contributed by atoms with van der Waals surface area (Å²) in [6, 6.07) is 13.1. The predicted molar refractivity (Wildman–Crippen MR) is 113 cm³/mol. The highest BCUT2D eigenvalue weighted by atomic mass is 16.5. The monoisotopic (exact) mass is 421 g/mol. The minimum Gasteiger partial charge on any atom is -0.454 e. The Labute approximate surface area is 179 Å². The van der Waals surface area contributed by atoms with Crippen LogP contribution in [0, 0.1) is 0 Å². The summed E-state index contributed by atoms with van der Waals surface area (Å²) >= 11 is 0. The molecule has 3 rings (SSSR count). The summed E-state index contributed by atoms with van der Waals surface area (Å²) in [6.07, 6.45) is 4.80. The normalized spacial score (nSPS) is 10.5. The number of Topliss-reactive ketones (excluding diaryl/α,β-unsaturated/α-hetero) is 1. The van der Waals surface area contributed by atoms with E-state index in [0.717, 1.165) is 19.3 Å². The molecule has 9 nitrogen and oxygen atoms in total. The van der Waals surface area contributed by atoms with Gasteiger partial charge in [-0.25, -0.2) is 9.48 Å². The quantitative estimate of drug-likeness (QED) is 0.303. The van der Waals surface area contributed by atoms with Crippen molar-refractivity contribution in [2.24, 2.45) is 0 Å². The molecule has 1 aromatic heterocycles. The summed E-state index contributed by atoms with van der Waals surface area (Å²) in [7, 11) is 0. The number of unbranched alkanes of at least 4 members (excludes halogenated alkanes) is 2. The van der Waals surface area contributed by atoms with Gasteiger partial charge < -0.3 is 10.1 Å². The van der Waals surface area contributed by atoms with Crippen LogP contribution < -0.4 is 5.32 Å². The molecule has 1 N–H and O–H groups in total. The van der Waals surface area contributed by atoms with Crippen LogP contribution in [-0.2, 0) is 9.53 Å². The minimum absolute atomic E-state index is 0.0506. The van der Waals surface area contributed by atoms with Gasteiger partial charge in [-0.15, -0.1) is 5.10 Å². The van der Waals surface area contributed by atoms with E-state index in [1.54, 1.807) is 48.5 Å². The van der Waals surface area contributed by atoms with Crippen molar-refractivity contribution in [3.63, 3.8) is 0 Å². The van der Waals surface area contributed by atoms with Crippen LogP contribution in [0.25, 0.3) is 5.69 Å². The first-order valence-corrected chi connectivity index (χ1v) is 10.0. The van der Waals surface area contributed by atoms with Crippen LogP contribution in [0.15, 0.2) is 54.9 Å². The summed E-state index contributed by atoms with van der Waals surface area (Å²) in [5.74, 6) is -1.02. The Kier molecular flexibility index (Phi) is 7.58. The number of nitrogens with zero attached hydrogens (tertiary/aromatic N) is 4. The van der Waals surface area contributed by atoms with Gasteiger partial charge in [-0.1, -0.05) is 25.8 Å². The zero-order valence-electron chi connectivity index (χ0n) is 17.2. The van der Waals surface area contributed by atoms with Crippen LogP contribution in [0.5, 0.6) is 0 Å². The van der Waals surface area contributed by atoms with Crippen molar-refractivity contribution < 1.29 is 19.1 Å². The number of amides is 1. The molecule has 0 fully saturated rings. The number of anilines is 1. The molecule has 0 radical (unpaired) electrons. The maximum Gasteiger partial charge on any atom is 0.338 e. The number of ether oxygens (including phenoxy) is 1. The molecule has 0 saturated carbocycles. The first-order valence-electron chi connectivity index (χ1n) is 10.0. The van der Waals surface area contributed by atoms with Gasteiger partial charge in [0.15, 0.2) is 12.4 Å². The molecule has 0 bridgehead atoms. The van der Waals surface area contributed by atoms with Gasteiger partial charge >= 0.3 is 5.97 Å². The van der Waals surface area contributed by atoms with E-state index in [1.807, 2.05) is 0 Å². The zero-order chi connectivity index (χ0) is 22.1. The Hall–Kier alpha value is -3.88. The van der Waals surface area contributed by atoms with Gasteiger partial charge in [0.25, 0.3) is 0 Å². The van der Waals surface area contributed by atoms with Crippen molar-refractivity contribution in [2.75, 3.05) is 11.9 Å². The van der Waals surface area contributed by atoms with E-state index < -0.39 is 12.6 Å². The van der Waals surface area contributed by atoms with Crippen molar-refractivity contribution in [1.82, 2.24) is 20.2 Å². The van der Waals surface area contributed by atoms with E-state index in [1.165, 1.54) is 11.0 Å². The number of benzene rings is 2. The van der Waals surface area contributed by atoms with Crippen molar-refractivity contribution in [1.29, 1.82) is 0 Å². The zero-order valence-corrected chi connectivity index (χ0v) is 17.2. The first kappa shape index (κ1) is 21.8. The maximum atomic E-state index is 12.3. The molecular formula is C22H23N5O4. The van der Waals surface area contributed by atoms with E-state index in [-0.39, 0.29) is 17.3 Å². The second kappa shape index (κ2) is 10.8. The number of aromatic nitrogens is 4. The van der Waals surface area contributed by atoms with Crippen LogP contribution >= 0.6 is 0 Å². The lowest BCUT2D eigenvalue weighted by Gasteiger charge is -2.08. The van der Waals surface area contributed by atoms with Crippen LogP contribution in [0.2, 0.25) is 0 Å². The fourth-order valence-electron chi connectivity index (χ4n) is 2.85. The molecule has 0 aliphatic carbocycles. The lowest BCUT2D eigenvalue weighted by molar-refractivity contribution is -0.116. The fraction of sp³-hybridized carbons (Fsp3) is 0.273. The molecule has 9 heteroatoms. The van der Waals surface area contributed by atoms with E-state index in [2.05, 4.69) is 27.8 Å². The van der Waals surface area contributed by atoms with Crippen molar-refractivity contribution in [2.45, 2.75) is 32.6 Å². The molecule has 31 heavy (non-hydrogen) atoms. The smallest absolute Gasteiger partial charge is 0.338 e. The third kappa shape index (κ3) is 6.30. The van der Waals surface area contributed by atoms with Gasteiger partial charge in [-0.05, 0) is 59.3 Å². The van der Waals surface area contributed by atoms with Gasteiger partial charge in [0.2, 0.25) is 5.91 Å². The van der Waals surface area contributed by atoms with Crippen molar-refractivity contribution >= 4 is 23.3 Å². The average molecular weight is 421 g/mol. The Balaban J connectivity index is 1.52. The molecule has 3 aromatic rings. The minimum atomic E-state index is -0.626. The molecular weight excluding hydrogens is 398 g/mol. The number of esters is 1. The summed E-state index contributed by atoms with van der Waals surface area (Å²) < 4.78 is 6.56. The van der Waals surface area contributed by atoms with Gasteiger partial charge in [-0.3, -0.25) is 9.59 Å². The van der Waals surface area contributed by atoms with Crippen LogP contribution in [0.1, 0.15) is 53.3 Å². The predicted octanol–water partition coefficient (Wildman–Crippen LogP) is 3.22. The molecule has 0 aliphatic heterocycles. The van der Waals surface area contributed by atoms with E-state index in [4.69, 9.17) is 4.74 Å². The van der Waals surface area contributed by atoms with E-state index in [0.29, 0.717) is 23.4 Å².